The first-order valence-electron chi connectivity index (χ1n) is 13.5. The van der Waals surface area contributed by atoms with E-state index in [0.717, 1.165) is 57.2 Å². The number of likely N-dealkylation sites (tertiary alicyclic amines) is 1. The van der Waals surface area contributed by atoms with E-state index in [1.54, 1.807) is 6.07 Å². The fourth-order valence-electron chi connectivity index (χ4n) is 5.94. The van der Waals surface area contributed by atoms with Crippen LogP contribution in [-0.2, 0) is 9.59 Å². The molecule has 2 fully saturated rings. The van der Waals surface area contributed by atoms with E-state index in [-0.39, 0.29) is 24.3 Å². The maximum absolute atomic E-state index is 13.6. The second-order valence-corrected chi connectivity index (χ2v) is 10.9. The van der Waals surface area contributed by atoms with Crippen molar-refractivity contribution in [2.75, 3.05) is 18.4 Å². The van der Waals surface area contributed by atoms with E-state index in [9.17, 15) is 14.7 Å². The zero-order valence-corrected chi connectivity index (χ0v) is 22.6. The summed E-state index contributed by atoms with van der Waals surface area (Å²) in [6.45, 7) is 5.81. The molecule has 198 valence electrons. The van der Waals surface area contributed by atoms with Crippen molar-refractivity contribution in [1.82, 2.24) is 4.90 Å². The topological polar surface area (TPSA) is 82.0 Å². The van der Waals surface area contributed by atoms with Crippen LogP contribution in [0, 0.1) is 5.92 Å². The molecule has 2 aliphatic rings. The van der Waals surface area contributed by atoms with Crippen LogP contribution in [0.25, 0.3) is 0 Å². The van der Waals surface area contributed by atoms with Gasteiger partial charge >= 0.3 is 5.97 Å². The van der Waals surface area contributed by atoms with Crippen molar-refractivity contribution in [3.05, 3.63) is 64.7 Å². The van der Waals surface area contributed by atoms with Crippen molar-refractivity contribution in [2.24, 2.45) is 10.9 Å². The highest BCUT2D eigenvalue weighted by molar-refractivity contribution is 6.31. The van der Waals surface area contributed by atoms with Gasteiger partial charge in [0.25, 0.3) is 0 Å². The van der Waals surface area contributed by atoms with Crippen molar-refractivity contribution >= 4 is 34.9 Å². The van der Waals surface area contributed by atoms with E-state index in [4.69, 9.17) is 16.6 Å². The third-order valence-corrected chi connectivity index (χ3v) is 8.30. The van der Waals surface area contributed by atoms with Gasteiger partial charge in [-0.05, 0) is 69.8 Å². The van der Waals surface area contributed by atoms with Crippen molar-refractivity contribution in [3.8, 4) is 0 Å². The maximum Gasteiger partial charge on any atom is 0.305 e. The molecule has 1 heterocycles. The van der Waals surface area contributed by atoms with Gasteiger partial charge in [-0.1, -0.05) is 68.1 Å². The number of nitrogens with one attached hydrogen (secondary N) is 1. The number of hydrogen-bond donors (Lipinski definition) is 2. The molecule has 2 aromatic carbocycles. The Morgan fingerprint density at radius 3 is 2.54 bits per heavy atom. The second kappa shape index (κ2) is 12.2. The molecule has 1 aliphatic carbocycles. The van der Waals surface area contributed by atoms with Gasteiger partial charge in [0.15, 0.2) is 0 Å². The van der Waals surface area contributed by atoms with Crippen LogP contribution in [0.5, 0.6) is 0 Å². The van der Waals surface area contributed by atoms with E-state index < -0.39 is 11.5 Å². The molecule has 2 aromatic rings. The Labute approximate surface area is 225 Å². The summed E-state index contributed by atoms with van der Waals surface area (Å²) in [5.41, 5.74) is 2.30. The van der Waals surface area contributed by atoms with Gasteiger partial charge in [0.1, 0.15) is 0 Å². The first-order valence-corrected chi connectivity index (χ1v) is 13.9. The highest BCUT2D eigenvalue weighted by Gasteiger charge is 2.42. The van der Waals surface area contributed by atoms with E-state index in [2.05, 4.69) is 17.1 Å². The molecule has 0 bridgehead atoms. The van der Waals surface area contributed by atoms with Crippen LogP contribution in [0.15, 0.2) is 53.5 Å². The van der Waals surface area contributed by atoms with Crippen LogP contribution < -0.4 is 5.32 Å². The summed E-state index contributed by atoms with van der Waals surface area (Å²) < 4.78 is 0. The number of hydrogen-bond acceptors (Lipinski definition) is 4. The number of aliphatic imine (C=N–C) groups is 1. The molecule has 37 heavy (non-hydrogen) atoms. The SMILES string of the molecule is CCN1CCC[C@]1(C)C(=O)Nc1ccc(Cl)cc1C(=N[C@@H](CC(=O)O)C1CCCCC1)c1ccccc1. The van der Waals surface area contributed by atoms with E-state index >= 15 is 0 Å². The molecular formula is C30H38ClN3O3. The fourth-order valence-corrected chi connectivity index (χ4v) is 6.11. The molecule has 4 rings (SSSR count). The number of likely N-dealkylation sites (N-methyl/N-ethyl adjacent to an activating group) is 1. The lowest BCUT2D eigenvalue weighted by molar-refractivity contribution is -0.137. The highest BCUT2D eigenvalue weighted by atomic mass is 35.5. The third-order valence-electron chi connectivity index (χ3n) is 8.07. The molecule has 0 spiro atoms. The summed E-state index contributed by atoms with van der Waals surface area (Å²) in [5.74, 6) is -0.673. The molecule has 7 heteroatoms. The molecule has 0 aromatic heterocycles. The lowest BCUT2D eigenvalue weighted by Gasteiger charge is -2.33. The molecule has 1 aliphatic heterocycles. The number of aliphatic carboxylic acids is 1. The first-order chi connectivity index (χ1) is 17.8. The average Bonchev–Trinajstić information content (AvgIpc) is 3.30. The normalized spacial score (nSPS) is 22.1. The average molecular weight is 524 g/mol. The largest absolute Gasteiger partial charge is 0.481 e. The monoisotopic (exact) mass is 523 g/mol. The predicted molar refractivity (Wildman–Crippen MR) is 150 cm³/mol. The predicted octanol–water partition coefficient (Wildman–Crippen LogP) is 6.41. The Balaban J connectivity index is 1.78. The quantitative estimate of drug-likeness (QED) is 0.372. The van der Waals surface area contributed by atoms with Crippen LogP contribution in [0.1, 0.15) is 76.3 Å². The minimum absolute atomic E-state index is 0.0210. The minimum Gasteiger partial charge on any atom is -0.481 e. The number of halogens is 1. The molecular weight excluding hydrogens is 486 g/mol. The van der Waals surface area contributed by atoms with Gasteiger partial charge in [-0.2, -0.15) is 0 Å². The van der Waals surface area contributed by atoms with Gasteiger partial charge in [-0.3, -0.25) is 19.5 Å². The van der Waals surface area contributed by atoms with Crippen molar-refractivity contribution in [1.29, 1.82) is 0 Å². The maximum atomic E-state index is 13.6. The lowest BCUT2D eigenvalue weighted by atomic mass is 9.82. The van der Waals surface area contributed by atoms with E-state index in [1.807, 2.05) is 49.4 Å². The van der Waals surface area contributed by atoms with Crippen molar-refractivity contribution in [3.63, 3.8) is 0 Å². The minimum atomic E-state index is -0.847. The molecule has 0 radical (unpaired) electrons. The smallest absolute Gasteiger partial charge is 0.305 e. The summed E-state index contributed by atoms with van der Waals surface area (Å²) in [7, 11) is 0. The Morgan fingerprint density at radius 2 is 1.86 bits per heavy atom. The number of anilines is 1. The van der Waals surface area contributed by atoms with Gasteiger partial charge < -0.3 is 10.4 Å². The van der Waals surface area contributed by atoms with Gasteiger partial charge in [0, 0.05) is 16.1 Å². The number of carboxylic acids is 1. The summed E-state index contributed by atoms with van der Waals surface area (Å²) >= 11 is 6.48. The fraction of sp³-hybridized carbons (Fsp3) is 0.500. The summed E-state index contributed by atoms with van der Waals surface area (Å²) in [6.07, 6.45) is 7.11. The zero-order chi connectivity index (χ0) is 26.4. The highest BCUT2D eigenvalue weighted by Crippen LogP contribution is 2.34. The van der Waals surface area contributed by atoms with Crippen LogP contribution >= 0.6 is 11.6 Å². The summed E-state index contributed by atoms with van der Waals surface area (Å²) in [4.78, 5) is 32.8. The van der Waals surface area contributed by atoms with Crippen LogP contribution in [0.4, 0.5) is 5.69 Å². The zero-order valence-electron chi connectivity index (χ0n) is 21.9. The number of amides is 1. The first kappa shape index (κ1) is 27.3. The molecule has 0 unspecified atom stereocenters. The summed E-state index contributed by atoms with van der Waals surface area (Å²) in [5, 5.41) is 13.5. The molecule has 2 N–H and O–H groups in total. The van der Waals surface area contributed by atoms with Gasteiger partial charge in [-0.15, -0.1) is 0 Å². The molecule has 1 saturated heterocycles. The number of carboxylic acid groups (broad SMARTS) is 1. The Bertz CT molecular complexity index is 1130. The van der Waals surface area contributed by atoms with E-state index in [1.165, 1.54) is 6.42 Å². The standard InChI is InChI=1S/C30H38ClN3O3/c1-3-34-18-10-17-30(34,2)29(37)33-25-16-15-23(31)19-24(25)28(22-13-8-5-9-14-22)32-26(20-27(35)36)21-11-6-4-7-12-21/h5,8-9,13-16,19,21,26H,3-4,6-7,10-12,17-18,20H2,1-2H3,(H,33,37)(H,35,36)/t26-,30+/m0/s1. The number of carbonyl (C=O) groups is 2. The number of nitrogens with zero attached hydrogens (tertiary/aromatic N) is 2. The summed E-state index contributed by atoms with van der Waals surface area (Å²) in [6, 6.07) is 14.9. The third kappa shape index (κ3) is 6.42. The van der Waals surface area contributed by atoms with Crippen molar-refractivity contribution < 1.29 is 14.7 Å². The van der Waals surface area contributed by atoms with Crippen LogP contribution in [-0.4, -0.2) is 52.3 Å². The van der Waals surface area contributed by atoms with Crippen molar-refractivity contribution in [2.45, 2.75) is 76.8 Å². The van der Waals surface area contributed by atoms with Crippen LogP contribution in [0.2, 0.25) is 5.02 Å². The number of benzene rings is 2. The Hall–Kier alpha value is -2.70. The number of carbonyl (C=O) groups excluding carboxylic acids is 1. The van der Waals surface area contributed by atoms with Crippen LogP contribution in [0.3, 0.4) is 0 Å². The molecule has 2 atom stereocenters. The molecule has 1 saturated carbocycles. The Kier molecular flexibility index (Phi) is 9.04. The Morgan fingerprint density at radius 1 is 1.14 bits per heavy atom. The van der Waals surface area contributed by atoms with Gasteiger partial charge in [0.05, 0.1) is 29.4 Å². The molecule has 1 amide bonds. The van der Waals surface area contributed by atoms with Gasteiger partial charge in [0.2, 0.25) is 5.91 Å². The second-order valence-electron chi connectivity index (χ2n) is 10.5. The lowest BCUT2D eigenvalue weighted by Crippen LogP contribution is -2.50. The van der Waals surface area contributed by atoms with E-state index in [0.29, 0.717) is 22.0 Å². The van der Waals surface area contributed by atoms with Gasteiger partial charge in [-0.25, -0.2) is 0 Å². The molecule has 6 nitrogen and oxygen atoms in total. The number of rotatable bonds is 9.